The van der Waals surface area contributed by atoms with Crippen LogP contribution in [0.3, 0.4) is 0 Å². The Morgan fingerprint density at radius 2 is 1.86 bits per heavy atom. The average molecular weight is 345 g/mol. The average Bonchev–Trinajstić information content (AvgIpc) is 3.26. The van der Waals surface area contributed by atoms with Crippen molar-refractivity contribution in [2.24, 2.45) is 5.92 Å². The zero-order valence-electron chi connectivity index (χ0n) is 12.1. The predicted molar refractivity (Wildman–Crippen MR) is 82.6 cm³/mol. The molecule has 120 valence electrons. The third kappa shape index (κ3) is 4.45. The van der Waals surface area contributed by atoms with E-state index >= 15 is 0 Å². The highest BCUT2D eigenvalue weighted by molar-refractivity contribution is 7.90. The fraction of sp³-hybridized carbons (Fsp3) is 0.429. The number of benzene rings is 1. The van der Waals surface area contributed by atoms with Gasteiger partial charge in [-0.3, -0.25) is 9.59 Å². The Kier molecular flexibility index (Phi) is 5.08. The Hall–Kier alpha value is -1.60. The van der Waals surface area contributed by atoms with Crippen molar-refractivity contribution >= 4 is 33.3 Å². The van der Waals surface area contributed by atoms with Gasteiger partial charge in [0, 0.05) is 30.8 Å². The minimum atomic E-state index is -3.50. The molecule has 0 radical (unpaired) electrons. The molecule has 2 N–H and O–H groups in total. The molecule has 1 saturated carbocycles. The number of rotatable bonds is 6. The number of carbonyl (C=O) groups excluding carboxylic acids is 2. The molecular formula is C14H17ClN2O4S. The summed E-state index contributed by atoms with van der Waals surface area (Å²) in [5.41, 5.74) is 0.207. The zero-order valence-corrected chi connectivity index (χ0v) is 13.6. The molecule has 0 aliphatic heterocycles. The number of carbonyl (C=O) groups is 2. The Morgan fingerprint density at radius 3 is 2.45 bits per heavy atom. The van der Waals surface area contributed by atoms with Gasteiger partial charge in [0.05, 0.1) is 9.92 Å². The molecule has 0 unspecified atom stereocenters. The van der Waals surface area contributed by atoms with Gasteiger partial charge in [-0.2, -0.15) is 0 Å². The molecule has 1 aromatic carbocycles. The minimum Gasteiger partial charge on any atom is -0.354 e. The lowest BCUT2D eigenvalue weighted by Gasteiger charge is -2.08. The highest BCUT2D eigenvalue weighted by atomic mass is 35.5. The standard InChI is InChI=1S/C14H17ClN2O4S/c1-22(20,21)12-8-10(4-5-11(12)15)14(19)17-7-6-16-13(18)9-2-3-9/h4-5,8-9H,2-3,6-7H2,1H3,(H,16,18)(H,17,19). The molecule has 1 aliphatic rings. The largest absolute Gasteiger partial charge is 0.354 e. The van der Waals surface area contributed by atoms with Gasteiger partial charge in [-0.05, 0) is 31.0 Å². The van der Waals surface area contributed by atoms with Crippen molar-refractivity contribution in [1.82, 2.24) is 10.6 Å². The van der Waals surface area contributed by atoms with Crippen LogP contribution < -0.4 is 10.6 Å². The van der Waals surface area contributed by atoms with Crippen molar-refractivity contribution in [1.29, 1.82) is 0 Å². The van der Waals surface area contributed by atoms with Gasteiger partial charge in [0.2, 0.25) is 5.91 Å². The first-order chi connectivity index (χ1) is 10.3. The molecule has 8 heteroatoms. The van der Waals surface area contributed by atoms with Crippen LogP contribution in [0.15, 0.2) is 23.1 Å². The van der Waals surface area contributed by atoms with E-state index in [2.05, 4.69) is 10.6 Å². The summed E-state index contributed by atoms with van der Waals surface area (Å²) in [4.78, 5) is 23.3. The smallest absolute Gasteiger partial charge is 0.251 e. The predicted octanol–water partition coefficient (Wildman–Crippen LogP) is 1.000. The van der Waals surface area contributed by atoms with Gasteiger partial charge in [-0.1, -0.05) is 11.6 Å². The maximum absolute atomic E-state index is 12.0. The summed E-state index contributed by atoms with van der Waals surface area (Å²) >= 11 is 5.82. The second-order valence-corrected chi connectivity index (χ2v) is 7.63. The van der Waals surface area contributed by atoms with Crippen molar-refractivity contribution in [3.8, 4) is 0 Å². The quantitative estimate of drug-likeness (QED) is 0.753. The van der Waals surface area contributed by atoms with Crippen LogP contribution in [0.4, 0.5) is 0 Å². The number of sulfone groups is 1. The number of amides is 2. The number of hydrogen-bond acceptors (Lipinski definition) is 4. The second kappa shape index (κ2) is 6.66. The van der Waals surface area contributed by atoms with Crippen LogP contribution in [0.5, 0.6) is 0 Å². The van der Waals surface area contributed by atoms with Crippen molar-refractivity contribution in [3.63, 3.8) is 0 Å². The van der Waals surface area contributed by atoms with Crippen LogP contribution in [-0.4, -0.2) is 39.6 Å². The van der Waals surface area contributed by atoms with Gasteiger partial charge in [-0.15, -0.1) is 0 Å². The summed E-state index contributed by atoms with van der Waals surface area (Å²) in [6.07, 6.45) is 2.89. The summed E-state index contributed by atoms with van der Waals surface area (Å²) in [6.45, 7) is 0.613. The minimum absolute atomic E-state index is 0.0140. The van der Waals surface area contributed by atoms with Gasteiger partial charge in [-0.25, -0.2) is 8.42 Å². The fourth-order valence-electron chi connectivity index (χ4n) is 1.88. The zero-order chi connectivity index (χ0) is 16.3. The maximum Gasteiger partial charge on any atom is 0.251 e. The first-order valence-corrected chi connectivity index (χ1v) is 9.11. The molecule has 2 amide bonds. The van der Waals surface area contributed by atoms with Gasteiger partial charge in [0.1, 0.15) is 0 Å². The molecule has 6 nitrogen and oxygen atoms in total. The normalized spacial score (nSPS) is 14.5. The summed E-state index contributed by atoms with van der Waals surface area (Å²) in [7, 11) is -3.50. The first-order valence-electron chi connectivity index (χ1n) is 6.84. The van der Waals surface area contributed by atoms with E-state index in [1.54, 1.807) is 0 Å². The monoisotopic (exact) mass is 344 g/mol. The van der Waals surface area contributed by atoms with E-state index in [-0.39, 0.29) is 33.9 Å². The Balaban J connectivity index is 1.90. The van der Waals surface area contributed by atoms with Crippen LogP contribution in [0, 0.1) is 5.92 Å². The summed E-state index contributed by atoms with van der Waals surface area (Å²) in [5.74, 6) is -0.272. The van der Waals surface area contributed by atoms with Gasteiger partial charge in [0.25, 0.3) is 5.91 Å². The first kappa shape index (κ1) is 16.8. The molecule has 1 fully saturated rings. The molecular weight excluding hydrogens is 328 g/mol. The third-order valence-electron chi connectivity index (χ3n) is 3.25. The van der Waals surface area contributed by atoms with Crippen LogP contribution in [0.25, 0.3) is 0 Å². The molecule has 1 aliphatic carbocycles. The van der Waals surface area contributed by atoms with Crippen molar-refractivity contribution in [3.05, 3.63) is 28.8 Å². The second-order valence-electron chi connectivity index (χ2n) is 5.24. The molecule has 0 bridgehead atoms. The van der Waals surface area contributed by atoms with Gasteiger partial charge >= 0.3 is 0 Å². The summed E-state index contributed by atoms with van der Waals surface area (Å²) in [6, 6.07) is 4.08. The molecule has 0 spiro atoms. The lowest BCUT2D eigenvalue weighted by atomic mass is 10.2. The highest BCUT2D eigenvalue weighted by Crippen LogP contribution is 2.28. The van der Waals surface area contributed by atoms with Gasteiger partial charge < -0.3 is 10.6 Å². The number of hydrogen-bond donors (Lipinski definition) is 2. The van der Waals surface area contributed by atoms with Crippen molar-refractivity contribution in [2.45, 2.75) is 17.7 Å². The Morgan fingerprint density at radius 1 is 1.23 bits per heavy atom. The third-order valence-corrected chi connectivity index (χ3v) is 4.83. The van der Waals surface area contributed by atoms with Crippen LogP contribution in [0.2, 0.25) is 5.02 Å². The van der Waals surface area contributed by atoms with E-state index in [0.29, 0.717) is 6.54 Å². The van der Waals surface area contributed by atoms with E-state index in [4.69, 9.17) is 11.6 Å². The highest BCUT2D eigenvalue weighted by Gasteiger charge is 2.29. The van der Waals surface area contributed by atoms with Crippen molar-refractivity contribution < 1.29 is 18.0 Å². The lowest BCUT2D eigenvalue weighted by molar-refractivity contribution is -0.122. The van der Waals surface area contributed by atoms with Crippen LogP contribution in [-0.2, 0) is 14.6 Å². The van der Waals surface area contributed by atoms with Crippen molar-refractivity contribution in [2.75, 3.05) is 19.3 Å². The summed E-state index contributed by atoms with van der Waals surface area (Å²) < 4.78 is 23.1. The SMILES string of the molecule is CS(=O)(=O)c1cc(C(=O)NCCNC(=O)C2CC2)ccc1Cl. The van der Waals surface area contributed by atoms with E-state index in [0.717, 1.165) is 19.1 Å². The molecule has 0 aromatic heterocycles. The topological polar surface area (TPSA) is 92.3 Å². The van der Waals surface area contributed by atoms with Crippen LogP contribution in [0.1, 0.15) is 23.2 Å². The molecule has 22 heavy (non-hydrogen) atoms. The molecule has 1 aromatic rings. The van der Waals surface area contributed by atoms with E-state index in [1.807, 2.05) is 0 Å². The molecule has 2 rings (SSSR count). The van der Waals surface area contributed by atoms with E-state index < -0.39 is 15.7 Å². The number of halogens is 1. The van der Waals surface area contributed by atoms with E-state index in [9.17, 15) is 18.0 Å². The Labute approximate surface area is 134 Å². The maximum atomic E-state index is 12.0. The number of nitrogens with one attached hydrogen (secondary N) is 2. The lowest BCUT2D eigenvalue weighted by Crippen LogP contribution is -2.35. The molecule has 0 saturated heterocycles. The van der Waals surface area contributed by atoms with Gasteiger partial charge in [0.15, 0.2) is 9.84 Å². The van der Waals surface area contributed by atoms with E-state index in [1.165, 1.54) is 18.2 Å². The Bertz CT molecular complexity index is 699. The molecule has 0 atom stereocenters. The summed E-state index contributed by atoms with van der Waals surface area (Å²) in [5, 5.41) is 5.43. The van der Waals surface area contributed by atoms with Crippen LogP contribution >= 0.6 is 11.6 Å². The fourth-order valence-corrected chi connectivity index (χ4v) is 3.18. The molecule has 0 heterocycles.